The van der Waals surface area contributed by atoms with Gasteiger partial charge in [-0.15, -0.1) is 11.3 Å². The molecule has 0 aliphatic heterocycles. The molecule has 0 bridgehead atoms. The van der Waals surface area contributed by atoms with Crippen molar-refractivity contribution in [1.82, 2.24) is 4.98 Å². The van der Waals surface area contributed by atoms with E-state index in [9.17, 15) is 4.79 Å². The Balaban J connectivity index is 1.70. The lowest BCUT2D eigenvalue weighted by molar-refractivity contribution is 0.102. The van der Waals surface area contributed by atoms with Crippen molar-refractivity contribution in [3.8, 4) is 22.8 Å². The zero-order valence-electron chi connectivity index (χ0n) is 14.9. The highest BCUT2D eigenvalue weighted by Gasteiger charge is 2.11. The maximum Gasteiger partial charge on any atom is 0.257 e. The highest BCUT2D eigenvalue weighted by molar-refractivity contribution is 7.14. The Hall–Kier alpha value is -2.86. The number of hydrogen-bond acceptors (Lipinski definition) is 5. The highest BCUT2D eigenvalue weighted by atomic mass is 32.1. The van der Waals surface area contributed by atoms with Gasteiger partial charge in [-0.2, -0.15) is 0 Å². The third-order valence-electron chi connectivity index (χ3n) is 3.58. The molecule has 0 aliphatic carbocycles. The van der Waals surface area contributed by atoms with Crippen LogP contribution in [0.1, 0.15) is 24.2 Å². The second kappa shape index (κ2) is 8.01. The van der Waals surface area contributed by atoms with Crippen LogP contribution in [0.5, 0.6) is 11.5 Å². The van der Waals surface area contributed by atoms with E-state index in [2.05, 4.69) is 10.3 Å². The Kier molecular flexibility index (Phi) is 5.53. The van der Waals surface area contributed by atoms with Gasteiger partial charge in [-0.25, -0.2) is 4.98 Å². The second-order valence-corrected chi connectivity index (χ2v) is 6.77. The first-order valence-corrected chi connectivity index (χ1v) is 9.11. The molecule has 0 saturated carbocycles. The topological polar surface area (TPSA) is 60.5 Å². The van der Waals surface area contributed by atoms with Gasteiger partial charge < -0.3 is 9.47 Å². The van der Waals surface area contributed by atoms with Gasteiger partial charge in [0.15, 0.2) is 5.13 Å². The first-order valence-electron chi connectivity index (χ1n) is 8.23. The first kappa shape index (κ1) is 17.9. The molecule has 0 aliphatic rings. The summed E-state index contributed by atoms with van der Waals surface area (Å²) < 4.78 is 10.8. The van der Waals surface area contributed by atoms with E-state index in [1.54, 1.807) is 31.4 Å². The van der Waals surface area contributed by atoms with Crippen LogP contribution in [-0.4, -0.2) is 24.1 Å². The van der Waals surface area contributed by atoms with E-state index < -0.39 is 0 Å². The quantitative estimate of drug-likeness (QED) is 0.675. The minimum absolute atomic E-state index is 0.138. The van der Waals surface area contributed by atoms with Crippen molar-refractivity contribution in [3.63, 3.8) is 0 Å². The fraction of sp³-hybridized carbons (Fsp3) is 0.200. The molecule has 0 atom stereocenters. The number of benzene rings is 2. The number of amides is 1. The van der Waals surface area contributed by atoms with Gasteiger partial charge in [-0.3, -0.25) is 10.1 Å². The third-order valence-corrected chi connectivity index (χ3v) is 4.34. The molecule has 1 aromatic heterocycles. The molecule has 1 amide bonds. The molecule has 134 valence electrons. The third kappa shape index (κ3) is 4.40. The van der Waals surface area contributed by atoms with E-state index >= 15 is 0 Å². The summed E-state index contributed by atoms with van der Waals surface area (Å²) in [6.45, 7) is 3.98. The molecule has 1 N–H and O–H groups in total. The van der Waals surface area contributed by atoms with Crippen molar-refractivity contribution in [2.75, 3.05) is 12.4 Å². The monoisotopic (exact) mass is 368 g/mol. The summed E-state index contributed by atoms with van der Waals surface area (Å²) in [7, 11) is 1.57. The van der Waals surface area contributed by atoms with E-state index in [4.69, 9.17) is 9.47 Å². The Morgan fingerprint density at radius 2 is 1.88 bits per heavy atom. The van der Waals surface area contributed by atoms with E-state index in [-0.39, 0.29) is 12.0 Å². The lowest BCUT2D eigenvalue weighted by Crippen LogP contribution is -2.11. The lowest BCUT2D eigenvalue weighted by Gasteiger charge is -2.09. The van der Waals surface area contributed by atoms with Crippen molar-refractivity contribution >= 4 is 22.4 Å². The molecular formula is C20H20N2O3S. The van der Waals surface area contributed by atoms with Crippen molar-refractivity contribution in [3.05, 3.63) is 59.5 Å². The average molecular weight is 368 g/mol. The van der Waals surface area contributed by atoms with Crippen LogP contribution < -0.4 is 14.8 Å². The molecule has 3 rings (SSSR count). The molecule has 6 heteroatoms. The van der Waals surface area contributed by atoms with Gasteiger partial charge >= 0.3 is 0 Å². The van der Waals surface area contributed by atoms with Crippen molar-refractivity contribution in [1.29, 1.82) is 0 Å². The molecule has 0 fully saturated rings. The van der Waals surface area contributed by atoms with Crippen LogP contribution in [0.15, 0.2) is 53.9 Å². The molecule has 0 spiro atoms. The molecule has 0 radical (unpaired) electrons. The summed E-state index contributed by atoms with van der Waals surface area (Å²) in [5.74, 6) is 1.25. The van der Waals surface area contributed by atoms with Gasteiger partial charge in [0.05, 0.1) is 18.9 Å². The highest BCUT2D eigenvalue weighted by Crippen LogP contribution is 2.27. The Morgan fingerprint density at radius 1 is 1.12 bits per heavy atom. The summed E-state index contributed by atoms with van der Waals surface area (Å²) in [5, 5.41) is 5.29. The predicted molar refractivity (Wildman–Crippen MR) is 104 cm³/mol. The molecule has 0 unspecified atom stereocenters. The summed E-state index contributed by atoms with van der Waals surface area (Å²) in [4.78, 5) is 16.9. The smallest absolute Gasteiger partial charge is 0.257 e. The van der Waals surface area contributed by atoms with Crippen LogP contribution in [-0.2, 0) is 0 Å². The lowest BCUT2D eigenvalue weighted by atomic mass is 10.2. The summed E-state index contributed by atoms with van der Waals surface area (Å²) in [6.07, 6.45) is 0.138. The van der Waals surface area contributed by atoms with Crippen molar-refractivity contribution < 1.29 is 14.3 Å². The Bertz CT molecular complexity index is 888. The average Bonchev–Trinajstić information content (AvgIpc) is 3.10. The normalized spacial score (nSPS) is 10.6. The van der Waals surface area contributed by atoms with Gasteiger partial charge in [-0.05, 0) is 56.3 Å². The number of hydrogen-bond donors (Lipinski definition) is 1. The van der Waals surface area contributed by atoms with Gasteiger partial charge in [0.25, 0.3) is 5.91 Å². The van der Waals surface area contributed by atoms with Crippen LogP contribution >= 0.6 is 11.3 Å². The SMILES string of the molecule is COc1cccc(C(=O)Nc2nc(-c3ccc(OC(C)C)cc3)cs2)c1. The number of rotatable bonds is 6. The maximum absolute atomic E-state index is 12.4. The second-order valence-electron chi connectivity index (χ2n) is 5.91. The standard InChI is InChI=1S/C20H20N2O3S/c1-13(2)25-16-9-7-14(8-10-16)18-12-26-20(21-18)22-19(23)15-5-4-6-17(11-15)24-3/h4-13H,1-3H3,(H,21,22,23). The molecule has 5 nitrogen and oxygen atoms in total. The van der Waals surface area contributed by atoms with Crippen LogP contribution in [0.4, 0.5) is 5.13 Å². The zero-order valence-corrected chi connectivity index (χ0v) is 15.7. The van der Waals surface area contributed by atoms with E-state index in [1.807, 2.05) is 43.5 Å². The van der Waals surface area contributed by atoms with Gasteiger partial charge in [0.1, 0.15) is 11.5 Å². The number of ether oxygens (including phenoxy) is 2. The molecule has 0 saturated heterocycles. The fourth-order valence-corrected chi connectivity index (χ4v) is 3.09. The number of anilines is 1. The predicted octanol–water partition coefficient (Wildman–Crippen LogP) is 4.86. The number of carbonyl (C=O) groups is 1. The van der Waals surface area contributed by atoms with Crippen molar-refractivity contribution in [2.45, 2.75) is 20.0 Å². The van der Waals surface area contributed by atoms with Crippen LogP contribution in [0.25, 0.3) is 11.3 Å². The van der Waals surface area contributed by atoms with Gasteiger partial charge in [0, 0.05) is 16.5 Å². The number of aromatic nitrogens is 1. The van der Waals surface area contributed by atoms with E-state index in [1.165, 1.54) is 11.3 Å². The van der Waals surface area contributed by atoms with E-state index in [0.717, 1.165) is 17.0 Å². The number of nitrogens with one attached hydrogen (secondary N) is 1. The van der Waals surface area contributed by atoms with Crippen molar-refractivity contribution in [2.24, 2.45) is 0 Å². The molecule has 3 aromatic rings. The zero-order chi connectivity index (χ0) is 18.5. The van der Waals surface area contributed by atoms with Crippen LogP contribution in [0.2, 0.25) is 0 Å². The van der Waals surface area contributed by atoms with Crippen LogP contribution in [0, 0.1) is 0 Å². The fourth-order valence-electron chi connectivity index (χ4n) is 2.37. The number of thiazole rings is 1. The Morgan fingerprint density at radius 3 is 2.58 bits per heavy atom. The van der Waals surface area contributed by atoms with Gasteiger partial charge in [0.2, 0.25) is 0 Å². The summed E-state index contributed by atoms with van der Waals surface area (Å²) >= 11 is 1.39. The largest absolute Gasteiger partial charge is 0.497 e. The number of methoxy groups -OCH3 is 1. The molecule has 26 heavy (non-hydrogen) atoms. The molecular weight excluding hydrogens is 348 g/mol. The van der Waals surface area contributed by atoms with Crippen LogP contribution in [0.3, 0.4) is 0 Å². The Labute approximate surface area is 156 Å². The minimum Gasteiger partial charge on any atom is -0.497 e. The number of nitrogens with zero attached hydrogens (tertiary/aromatic N) is 1. The van der Waals surface area contributed by atoms with E-state index in [0.29, 0.717) is 16.4 Å². The summed E-state index contributed by atoms with van der Waals surface area (Å²) in [5.41, 5.74) is 2.31. The maximum atomic E-state index is 12.4. The summed E-state index contributed by atoms with van der Waals surface area (Å²) in [6, 6.07) is 14.8. The minimum atomic E-state index is -0.217. The molecule has 2 aromatic carbocycles. The van der Waals surface area contributed by atoms with Gasteiger partial charge in [-0.1, -0.05) is 6.07 Å². The molecule has 1 heterocycles. The number of carbonyl (C=O) groups excluding carboxylic acids is 1. The first-order chi connectivity index (χ1) is 12.5.